The van der Waals surface area contributed by atoms with Crippen molar-refractivity contribution in [2.45, 2.75) is 66.8 Å². The number of ether oxygens (including phenoxy) is 1. The predicted molar refractivity (Wildman–Crippen MR) is 205 cm³/mol. The van der Waals surface area contributed by atoms with Gasteiger partial charge in [0.25, 0.3) is 0 Å². The van der Waals surface area contributed by atoms with E-state index in [4.69, 9.17) is 9.73 Å². The zero-order valence-corrected chi connectivity index (χ0v) is 31.4. The van der Waals surface area contributed by atoms with Crippen LogP contribution in [-0.4, -0.2) is 94.2 Å². The third-order valence-electron chi connectivity index (χ3n) is 7.84. The van der Waals surface area contributed by atoms with Crippen molar-refractivity contribution in [1.29, 1.82) is 5.26 Å². The summed E-state index contributed by atoms with van der Waals surface area (Å²) < 4.78 is 5.42. The molecule has 0 bridgehead atoms. The number of thioether (sulfide) groups is 1. The molecule has 4 rings (SSSR count). The highest BCUT2D eigenvalue weighted by molar-refractivity contribution is 7.97. The number of nitrogens with zero attached hydrogens (tertiary/aromatic N) is 6. The van der Waals surface area contributed by atoms with Crippen molar-refractivity contribution in [1.82, 2.24) is 15.1 Å². The summed E-state index contributed by atoms with van der Waals surface area (Å²) >= 11 is 1.75. The van der Waals surface area contributed by atoms with Gasteiger partial charge in [0, 0.05) is 61.5 Å². The van der Waals surface area contributed by atoms with Gasteiger partial charge in [0.15, 0.2) is 5.90 Å². The standard InChI is InChI=1S/C27H32N6O2.C6H15N.C2H6S.C2H6/c1-4-26(33-14-12-29-21(17-33)9-11-28)24-10-13-32(18-25(24)30-19(2)35-3)27-16-22(31-34)15-20-7-5-6-8-23(20)27;1-4-6-7(3)5-2;1-3-2;1-2/h4-8,15-16,21,29H,9-10,12-14,17-18H2,1-3H3;4-6H2,1-3H3;1-2H3;1-2H3/b26-4-,30-19?;;;. The van der Waals surface area contributed by atoms with Crippen LogP contribution in [-0.2, 0) is 4.74 Å². The van der Waals surface area contributed by atoms with E-state index in [1.54, 1.807) is 18.9 Å². The molecular formula is C37H59N7O2S. The van der Waals surface area contributed by atoms with E-state index in [1.165, 1.54) is 30.8 Å². The molecule has 2 heterocycles. The highest BCUT2D eigenvalue weighted by atomic mass is 32.2. The fourth-order valence-electron chi connectivity index (χ4n) is 5.53. The van der Waals surface area contributed by atoms with Gasteiger partial charge in [0.1, 0.15) is 5.69 Å². The molecular weight excluding hydrogens is 607 g/mol. The topological polar surface area (TPSA) is 96.6 Å². The van der Waals surface area contributed by atoms with Crippen molar-refractivity contribution in [2.75, 3.05) is 77.4 Å². The number of hydrogen-bond donors (Lipinski definition) is 1. The van der Waals surface area contributed by atoms with E-state index in [2.05, 4.69) is 71.2 Å². The van der Waals surface area contributed by atoms with Crippen LogP contribution < -0.4 is 10.2 Å². The molecule has 1 unspecified atom stereocenters. The summed E-state index contributed by atoms with van der Waals surface area (Å²) in [6.07, 6.45) is 8.80. The van der Waals surface area contributed by atoms with Crippen molar-refractivity contribution in [3.05, 3.63) is 64.3 Å². The number of rotatable bonds is 9. The van der Waals surface area contributed by atoms with Crippen LogP contribution in [0.4, 0.5) is 11.4 Å². The van der Waals surface area contributed by atoms with Gasteiger partial charge in [0.2, 0.25) is 0 Å². The summed E-state index contributed by atoms with van der Waals surface area (Å²) in [5, 5.41) is 17.9. The first-order valence-corrected chi connectivity index (χ1v) is 18.5. The van der Waals surface area contributed by atoms with Gasteiger partial charge >= 0.3 is 0 Å². The predicted octanol–water partition coefficient (Wildman–Crippen LogP) is 8.21. The Balaban J connectivity index is 0.000000795. The maximum absolute atomic E-state index is 11.4. The van der Waals surface area contributed by atoms with Gasteiger partial charge in [0.05, 0.1) is 31.8 Å². The molecule has 260 valence electrons. The average Bonchev–Trinajstić information content (AvgIpc) is 3.10. The Labute approximate surface area is 289 Å². The van der Waals surface area contributed by atoms with Gasteiger partial charge in [-0.3, -0.25) is 0 Å². The Morgan fingerprint density at radius 2 is 1.91 bits per heavy atom. The maximum Gasteiger partial charge on any atom is 0.184 e. The van der Waals surface area contributed by atoms with Crippen LogP contribution in [0.25, 0.3) is 10.8 Å². The molecule has 2 aliphatic heterocycles. The van der Waals surface area contributed by atoms with E-state index < -0.39 is 0 Å². The second-order valence-corrected chi connectivity index (χ2v) is 12.0. The minimum absolute atomic E-state index is 0.155. The van der Waals surface area contributed by atoms with E-state index in [-0.39, 0.29) is 6.04 Å². The Kier molecular flexibility index (Phi) is 21.1. The number of nitriles is 1. The molecule has 9 nitrogen and oxygen atoms in total. The van der Waals surface area contributed by atoms with Gasteiger partial charge in [-0.05, 0) is 75.1 Å². The zero-order chi connectivity index (χ0) is 35.2. The van der Waals surface area contributed by atoms with Crippen LogP contribution >= 0.6 is 11.8 Å². The van der Waals surface area contributed by atoms with Crippen LogP contribution in [0.5, 0.6) is 0 Å². The van der Waals surface area contributed by atoms with Crippen molar-refractivity contribution in [3.63, 3.8) is 0 Å². The quantitative estimate of drug-likeness (QED) is 0.163. The van der Waals surface area contributed by atoms with Gasteiger partial charge in [-0.15, -0.1) is 4.91 Å². The lowest BCUT2D eigenvalue weighted by atomic mass is 9.97. The summed E-state index contributed by atoms with van der Waals surface area (Å²) in [7, 11) is 3.77. The van der Waals surface area contributed by atoms with E-state index in [0.29, 0.717) is 24.6 Å². The highest BCUT2D eigenvalue weighted by Crippen LogP contribution is 2.36. The van der Waals surface area contributed by atoms with E-state index in [1.807, 2.05) is 63.6 Å². The number of nitrogens with one attached hydrogen (secondary N) is 1. The lowest BCUT2D eigenvalue weighted by molar-refractivity contribution is 0.250. The summed E-state index contributed by atoms with van der Waals surface area (Å²) in [6, 6.07) is 14.2. The minimum atomic E-state index is 0.155. The van der Waals surface area contributed by atoms with Crippen molar-refractivity contribution in [2.24, 2.45) is 10.2 Å². The molecule has 0 spiro atoms. The molecule has 1 fully saturated rings. The first-order valence-electron chi connectivity index (χ1n) is 16.8. The first kappa shape index (κ1) is 41.6. The highest BCUT2D eigenvalue weighted by Gasteiger charge is 2.28. The summed E-state index contributed by atoms with van der Waals surface area (Å²) in [5.74, 6) is 0.602. The lowest BCUT2D eigenvalue weighted by Crippen LogP contribution is -2.50. The molecule has 0 saturated carbocycles. The van der Waals surface area contributed by atoms with E-state index in [0.717, 1.165) is 54.8 Å². The molecule has 1 atom stereocenters. The molecule has 0 aliphatic carbocycles. The first-order chi connectivity index (χ1) is 22.8. The third-order valence-corrected chi connectivity index (χ3v) is 7.84. The smallest absolute Gasteiger partial charge is 0.184 e. The van der Waals surface area contributed by atoms with E-state index >= 15 is 0 Å². The van der Waals surface area contributed by atoms with Gasteiger partial charge in [-0.1, -0.05) is 58.0 Å². The number of hydrogen-bond acceptors (Lipinski definition) is 10. The zero-order valence-electron chi connectivity index (χ0n) is 30.6. The molecule has 0 radical (unpaired) electrons. The van der Waals surface area contributed by atoms with Crippen molar-refractivity contribution >= 4 is 39.8 Å². The number of allylic oxidation sites excluding steroid dienone is 2. The molecule has 1 N–H and O–H groups in total. The molecule has 10 heteroatoms. The normalized spacial score (nSPS) is 16.7. The number of methoxy groups -OCH3 is 1. The number of anilines is 1. The molecule has 2 aromatic carbocycles. The van der Waals surface area contributed by atoms with Gasteiger partial charge in [-0.25, -0.2) is 4.99 Å². The molecule has 2 aromatic rings. The van der Waals surface area contributed by atoms with Gasteiger partial charge in [-0.2, -0.15) is 17.0 Å². The number of piperazine rings is 1. The second-order valence-electron chi connectivity index (χ2n) is 11.1. The molecule has 2 aliphatic rings. The Hall–Kier alpha value is -3.39. The third kappa shape index (κ3) is 13.3. The van der Waals surface area contributed by atoms with Crippen LogP contribution in [0.2, 0.25) is 0 Å². The fraction of sp³-hybridized carbons (Fsp3) is 0.568. The molecule has 0 amide bonds. The number of nitroso groups, excluding NO2 is 1. The average molecular weight is 666 g/mol. The summed E-state index contributed by atoms with van der Waals surface area (Å²) in [6.45, 7) is 18.6. The largest absolute Gasteiger partial charge is 0.484 e. The van der Waals surface area contributed by atoms with Crippen LogP contribution in [0.1, 0.15) is 60.8 Å². The fourth-order valence-corrected chi connectivity index (χ4v) is 5.53. The number of benzene rings is 2. The molecule has 47 heavy (non-hydrogen) atoms. The van der Waals surface area contributed by atoms with Crippen LogP contribution in [0.15, 0.2) is 69.6 Å². The SMILES string of the molecule is C/C=C(/C1=C(N=C(C)OC)CN(c2cc(N=O)cc3ccccc23)CC1)N1CCNC(CC#N)C1.CC.CCCN(C)CC.CSC. The van der Waals surface area contributed by atoms with Crippen molar-refractivity contribution in [3.8, 4) is 6.07 Å². The number of fused-ring (bicyclic) bond motifs is 1. The molecule has 0 aromatic heterocycles. The monoisotopic (exact) mass is 665 g/mol. The summed E-state index contributed by atoms with van der Waals surface area (Å²) in [4.78, 5) is 23.2. The summed E-state index contributed by atoms with van der Waals surface area (Å²) in [5.41, 5.74) is 4.73. The van der Waals surface area contributed by atoms with Crippen LogP contribution in [0.3, 0.4) is 0 Å². The Bertz CT molecular complexity index is 1350. The Morgan fingerprint density at radius 3 is 2.49 bits per heavy atom. The van der Waals surface area contributed by atoms with Gasteiger partial charge < -0.3 is 24.8 Å². The minimum Gasteiger partial charge on any atom is -0.484 e. The second kappa shape index (κ2) is 23.9. The van der Waals surface area contributed by atoms with Crippen molar-refractivity contribution < 1.29 is 4.74 Å². The number of aliphatic imine (C=N–C) groups is 1. The molecule has 1 saturated heterocycles. The lowest BCUT2D eigenvalue weighted by Gasteiger charge is -2.39. The van der Waals surface area contributed by atoms with Crippen LogP contribution in [0, 0.1) is 16.2 Å². The Morgan fingerprint density at radius 1 is 1.21 bits per heavy atom. The maximum atomic E-state index is 11.4. The van der Waals surface area contributed by atoms with E-state index in [9.17, 15) is 10.2 Å².